The average Bonchev–Trinajstić information content (AvgIpc) is 3.04. The highest BCUT2D eigenvalue weighted by molar-refractivity contribution is 8.26. The van der Waals surface area contributed by atoms with Crippen molar-refractivity contribution in [2.45, 2.75) is 6.42 Å². The van der Waals surface area contributed by atoms with Crippen LogP contribution in [-0.4, -0.2) is 38.4 Å². The van der Waals surface area contributed by atoms with Gasteiger partial charge in [0.1, 0.15) is 4.32 Å². The van der Waals surface area contributed by atoms with Gasteiger partial charge in [-0.05, 0) is 23.8 Å². The Kier molecular flexibility index (Phi) is 7.57. The summed E-state index contributed by atoms with van der Waals surface area (Å²) in [6.07, 6.45) is 1.52. The van der Waals surface area contributed by atoms with Crippen molar-refractivity contribution in [3.63, 3.8) is 0 Å². The lowest BCUT2D eigenvalue weighted by atomic mass is 10.2. The number of nitrogens with zero attached hydrogens (tertiary/aromatic N) is 2. The van der Waals surface area contributed by atoms with Crippen molar-refractivity contribution in [2.24, 2.45) is 0 Å². The zero-order chi connectivity index (χ0) is 23.3. The fourth-order valence-corrected chi connectivity index (χ4v) is 4.15. The minimum atomic E-state index is -0.713. The summed E-state index contributed by atoms with van der Waals surface area (Å²) in [5.41, 5.74) is 4.84. The third-order valence-corrected chi connectivity index (χ3v) is 5.98. The molecule has 1 heterocycles. The topological polar surface area (TPSA) is 122 Å². The standard InChI is InChI=1S/C20H15ClN4O5S2/c21-15-7-2-1-4-12(15)11-16-19(28)24(20(31)32-16)9-8-17(26)22-23-18(27)13-5-3-6-14(10-13)25(29)30/h1-7,10-11H,8-9H2,(H,22,26)(H,23,27)/b16-11-. The van der Waals surface area contributed by atoms with Crippen LogP contribution in [0.3, 0.4) is 0 Å². The molecule has 2 N–H and O–H groups in total. The molecular weight excluding hydrogens is 476 g/mol. The van der Waals surface area contributed by atoms with E-state index >= 15 is 0 Å². The van der Waals surface area contributed by atoms with E-state index in [-0.39, 0.29) is 30.1 Å². The third kappa shape index (κ3) is 5.69. The van der Waals surface area contributed by atoms with Crippen LogP contribution in [0, 0.1) is 10.1 Å². The number of hydrazine groups is 1. The Bertz CT molecular complexity index is 1150. The van der Waals surface area contributed by atoms with Gasteiger partial charge in [-0.3, -0.25) is 40.2 Å². The van der Waals surface area contributed by atoms with Gasteiger partial charge < -0.3 is 0 Å². The maximum atomic E-state index is 12.6. The van der Waals surface area contributed by atoms with Gasteiger partial charge in [-0.1, -0.05) is 59.8 Å². The van der Waals surface area contributed by atoms with Crippen LogP contribution in [0.4, 0.5) is 5.69 Å². The minimum Gasteiger partial charge on any atom is -0.292 e. The number of halogens is 1. The summed E-state index contributed by atoms with van der Waals surface area (Å²) in [5, 5.41) is 11.3. The first-order valence-electron chi connectivity index (χ1n) is 9.10. The molecule has 0 aromatic heterocycles. The van der Waals surface area contributed by atoms with Gasteiger partial charge in [0.2, 0.25) is 5.91 Å². The molecule has 0 aliphatic carbocycles. The number of carbonyl (C=O) groups is 3. The number of benzene rings is 2. The van der Waals surface area contributed by atoms with Crippen molar-refractivity contribution < 1.29 is 19.3 Å². The van der Waals surface area contributed by atoms with E-state index in [0.29, 0.717) is 19.8 Å². The summed E-state index contributed by atoms with van der Waals surface area (Å²) in [4.78, 5) is 48.7. The number of non-ortho nitro benzene ring substituents is 1. The lowest BCUT2D eigenvalue weighted by Crippen LogP contribution is -2.43. The summed E-state index contributed by atoms with van der Waals surface area (Å²) < 4.78 is 0.307. The normalized spacial score (nSPS) is 14.5. The monoisotopic (exact) mass is 490 g/mol. The van der Waals surface area contributed by atoms with E-state index in [2.05, 4.69) is 10.9 Å². The zero-order valence-corrected chi connectivity index (χ0v) is 18.6. The molecule has 0 unspecified atom stereocenters. The van der Waals surface area contributed by atoms with Gasteiger partial charge in [0.25, 0.3) is 17.5 Å². The van der Waals surface area contributed by atoms with Gasteiger partial charge in [0.05, 0.1) is 9.83 Å². The van der Waals surface area contributed by atoms with E-state index in [9.17, 15) is 24.5 Å². The van der Waals surface area contributed by atoms with Crippen molar-refractivity contribution in [1.29, 1.82) is 0 Å². The van der Waals surface area contributed by atoms with E-state index in [1.54, 1.807) is 30.3 Å². The van der Waals surface area contributed by atoms with Crippen molar-refractivity contribution in [3.8, 4) is 0 Å². The molecule has 2 aromatic rings. The van der Waals surface area contributed by atoms with Crippen LogP contribution in [0.1, 0.15) is 22.3 Å². The number of thioether (sulfide) groups is 1. The van der Waals surface area contributed by atoms with Crippen LogP contribution < -0.4 is 10.9 Å². The molecule has 2 aromatic carbocycles. The summed E-state index contributed by atoms with van der Waals surface area (Å²) >= 11 is 12.5. The molecule has 1 aliphatic rings. The molecule has 9 nitrogen and oxygen atoms in total. The second-order valence-corrected chi connectivity index (χ2v) is 8.50. The van der Waals surface area contributed by atoms with E-state index in [1.807, 2.05) is 0 Å². The van der Waals surface area contributed by atoms with Gasteiger partial charge in [-0.15, -0.1) is 0 Å². The first-order valence-corrected chi connectivity index (χ1v) is 10.7. The second kappa shape index (κ2) is 10.4. The molecule has 0 spiro atoms. The lowest BCUT2D eigenvalue weighted by molar-refractivity contribution is -0.384. The van der Waals surface area contributed by atoms with Crippen molar-refractivity contribution >= 4 is 69.4 Å². The van der Waals surface area contributed by atoms with Crippen molar-refractivity contribution in [2.75, 3.05) is 6.54 Å². The highest BCUT2D eigenvalue weighted by atomic mass is 35.5. The fraction of sp³-hybridized carbons (Fsp3) is 0.100. The average molecular weight is 491 g/mol. The highest BCUT2D eigenvalue weighted by Gasteiger charge is 2.32. The first-order chi connectivity index (χ1) is 15.3. The number of carbonyl (C=O) groups excluding carboxylic acids is 3. The van der Waals surface area contributed by atoms with Gasteiger partial charge in [-0.2, -0.15) is 0 Å². The molecule has 3 rings (SSSR count). The Hall–Kier alpha value is -3.28. The molecule has 0 atom stereocenters. The predicted molar refractivity (Wildman–Crippen MR) is 125 cm³/mol. The molecule has 0 radical (unpaired) electrons. The Labute approximate surface area is 196 Å². The molecule has 1 aliphatic heterocycles. The number of nitro groups is 1. The molecule has 1 saturated heterocycles. The fourth-order valence-electron chi connectivity index (χ4n) is 2.66. The van der Waals surface area contributed by atoms with Gasteiger partial charge in [-0.25, -0.2) is 0 Å². The second-order valence-electron chi connectivity index (χ2n) is 6.41. The van der Waals surface area contributed by atoms with Crippen LogP contribution >= 0.6 is 35.6 Å². The molecule has 32 heavy (non-hydrogen) atoms. The van der Waals surface area contributed by atoms with E-state index in [4.69, 9.17) is 23.8 Å². The minimum absolute atomic E-state index is 0.0150. The molecular formula is C20H15ClN4O5S2. The molecule has 12 heteroatoms. The first kappa shape index (κ1) is 23.4. The largest absolute Gasteiger partial charge is 0.292 e. The number of nitrogens with one attached hydrogen (secondary N) is 2. The highest BCUT2D eigenvalue weighted by Crippen LogP contribution is 2.33. The van der Waals surface area contributed by atoms with E-state index in [1.165, 1.54) is 23.1 Å². The number of rotatable bonds is 6. The molecule has 1 fully saturated rings. The van der Waals surface area contributed by atoms with Crippen LogP contribution in [-0.2, 0) is 9.59 Å². The quantitative estimate of drug-likeness (QED) is 0.276. The predicted octanol–water partition coefficient (Wildman–Crippen LogP) is 3.30. The maximum absolute atomic E-state index is 12.6. The SMILES string of the molecule is O=C(CCN1C(=O)/C(=C/c2ccccc2Cl)SC1=S)NNC(=O)c1cccc([N+](=O)[O-])c1. The number of amides is 3. The Morgan fingerprint density at radius 1 is 1.19 bits per heavy atom. The smallest absolute Gasteiger partial charge is 0.270 e. The number of thiocarbonyl (C=S) groups is 1. The zero-order valence-electron chi connectivity index (χ0n) is 16.2. The lowest BCUT2D eigenvalue weighted by Gasteiger charge is -2.14. The van der Waals surface area contributed by atoms with Crippen LogP contribution in [0.25, 0.3) is 6.08 Å². The van der Waals surface area contributed by atoms with Crippen LogP contribution in [0.2, 0.25) is 5.02 Å². The van der Waals surface area contributed by atoms with E-state index < -0.39 is 16.7 Å². The van der Waals surface area contributed by atoms with E-state index in [0.717, 1.165) is 17.8 Å². The van der Waals surface area contributed by atoms with Crippen molar-refractivity contribution in [1.82, 2.24) is 15.8 Å². The third-order valence-electron chi connectivity index (χ3n) is 4.26. The molecule has 3 amide bonds. The Balaban J connectivity index is 1.53. The van der Waals surface area contributed by atoms with Crippen molar-refractivity contribution in [3.05, 3.63) is 79.7 Å². The molecule has 0 bridgehead atoms. The Morgan fingerprint density at radius 2 is 1.94 bits per heavy atom. The summed E-state index contributed by atoms with van der Waals surface area (Å²) in [7, 11) is 0. The van der Waals surface area contributed by atoms with Gasteiger partial charge in [0.15, 0.2) is 0 Å². The van der Waals surface area contributed by atoms with Gasteiger partial charge >= 0.3 is 0 Å². The summed E-state index contributed by atoms with van der Waals surface area (Å²) in [6.45, 7) is 0.0169. The summed E-state index contributed by atoms with van der Waals surface area (Å²) in [5.74, 6) is -1.61. The molecule has 164 valence electrons. The Morgan fingerprint density at radius 3 is 2.66 bits per heavy atom. The summed E-state index contributed by atoms with van der Waals surface area (Å²) in [6, 6.07) is 12.1. The number of hydrogen-bond donors (Lipinski definition) is 2. The number of hydrogen-bond acceptors (Lipinski definition) is 7. The van der Waals surface area contributed by atoms with Gasteiger partial charge in [0, 0.05) is 35.7 Å². The number of nitro benzene ring substituents is 1. The van der Waals surface area contributed by atoms with Crippen LogP contribution in [0.5, 0.6) is 0 Å². The molecule has 0 saturated carbocycles. The van der Waals surface area contributed by atoms with Crippen LogP contribution in [0.15, 0.2) is 53.4 Å². The maximum Gasteiger partial charge on any atom is 0.270 e.